The van der Waals surface area contributed by atoms with Crippen LogP contribution in [0.1, 0.15) is 16.7 Å². The summed E-state index contributed by atoms with van der Waals surface area (Å²) in [5.41, 5.74) is 0.733. The zero-order valence-corrected chi connectivity index (χ0v) is 17.2. The van der Waals surface area contributed by atoms with E-state index in [9.17, 15) is 9.18 Å². The summed E-state index contributed by atoms with van der Waals surface area (Å²) in [4.78, 5) is 24.2. The van der Waals surface area contributed by atoms with E-state index >= 15 is 0 Å². The van der Waals surface area contributed by atoms with Crippen LogP contribution >= 0.6 is 11.3 Å². The molecule has 1 N–H and O–H groups in total. The van der Waals surface area contributed by atoms with Gasteiger partial charge in [0.2, 0.25) is 0 Å². The Bertz CT molecular complexity index is 1030. The van der Waals surface area contributed by atoms with Gasteiger partial charge in [0.1, 0.15) is 23.5 Å². The molecule has 1 aliphatic rings. The minimum atomic E-state index is -0.404. The summed E-state index contributed by atoms with van der Waals surface area (Å²) in [5, 5.41) is 3.96. The fourth-order valence-corrected chi connectivity index (χ4v) is 3.74. The smallest absolute Gasteiger partial charge is 0.260 e. The maximum absolute atomic E-state index is 13.2. The lowest BCUT2D eigenvalue weighted by atomic mass is 10.2. The highest BCUT2D eigenvalue weighted by atomic mass is 32.1. The number of anilines is 2. The van der Waals surface area contributed by atoms with Gasteiger partial charge in [-0.2, -0.15) is 0 Å². The Morgan fingerprint density at radius 3 is 3.03 bits per heavy atom. The topological polar surface area (TPSA) is 76.6 Å². The molecule has 0 aliphatic carbocycles. The van der Waals surface area contributed by atoms with Gasteiger partial charge in [-0.1, -0.05) is 12.1 Å². The number of benzene rings is 1. The Balaban J connectivity index is 1.37. The molecule has 4 rings (SSSR count). The van der Waals surface area contributed by atoms with Crippen molar-refractivity contribution in [2.45, 2.75) is 13.0 Å². The molecule has 7 nitrogen and oxygen atoms in total. The van der Waals surface area contributed by atoms with Crippen molar-refractivity contribution in [2.24, 2.45) is 0 Å². The molecule has 156 valence electrons. The molecule has 0 bridgehead atoms. The summed E-state index contributed by atoms with van der Waals surface area (Å²) in [7, 11) is 0. The number of nitrogens with one attached hydrogen (secondary N) is 1. The van der Waals surface area contributed by atoms with Gasteiger partial charge >= 0.3 is 0 Å². The lowest BCUT2D eigenvalue weighted by molar-refractivity contribution is -0.141. The standard InChI is InChI=1S/C21H21FN4O3S/c1-14-11-23-21(30-14)25-19-7-3-6-17(24-19)18-12-26(8-9-28-18)20(27)13-29-16-5-2-4-15(22)10-16/h2-7,10-11,18H,8-9,12-13H2,1H3,(H,23,24,25)/t18-/m0/s1. The summed E-state index contributed by atoms with van der Waals surface area (Å²) in [6, 6.07) is 11.4. The van der Waals surface area contributed by atoms with Gasteiger partial charge in [0, 0.05) is 23.7 Å². The molecule has 9 heteroatoms. The van der Waals surface area contributed by atoms with Gasteiger partial charge in [0.15, 0.2) is 11.7 Å². The molecule has 2 aromatic heterocycles. The predicted octanol–water partition coefficient (Wildman–Crippen LogP) is 3.71. The molecule has 1 aliphatic heterocycles. The number of nitrogens with zero attached hydrogens (tertiary/aromatic N) is 3. The quantitative estimate of drug-likeness (QED) is 0.645. The first-order chi connectivity index (χ1) is 14.6. The number of morpholine rings is 1. The number of carbonyl (C=O) groups is 1. The van der Waals surface area contributed by atoms with E-state index < -0.39 is 5.82 Å². The van der Waals surface area contributed by atoms with Crippen LogP contribution in [0.3, 0.4) is 0 Å². The van der Waals surface area contributed by atoms with Crippen LogP contribution in [-0.4, -0.2) is 47.1 Å². The highest BCUT2D eigenvalue weighted by Gasteiger charge is 2.26. The summed E-state index contributed by atoms with van der Waals surface area (Å²) in [6.45, 7) is 3.08. The van der Waals surface area contributed by atoms with Crippen molar-refractivity contribution in [1.29, 1.82) is 0 Å². The molecule has 1 fully saturated rings. The van der Waals surface area contributed by atoms with Crippen molar-refractivity contribution < 1.29 is 18.7 Å². The third-order valence-electron chi connectivity index (χ3n) is 4.53. The highest BCUT2D eigenvalue weighted by molar-refractivity contribution is 7.15. The number of ether oxygens (including phenoxy) is 2. The minimum absolute atomic E-state index is 0.158. The van der Waals surface area contributed by atoms with Crippen molar-refractivity contribution in [3.63, 3.8) is 0 Å². The van der Waals surface area contributed by atoms with Gasteiger partial charge in [-0.15, -0.1) is 11.3 Å². The molecule has 0 unspecified atom stereocenters. The molecule has 0 radical (unpaired) electrons. The van der Waals surface area contributed by atoms with Crippen LogP contribution in [0.15, 0.2) is 48.7 Å². The zero-order valence-electron chi connectivity index (χ0n) is 16.4. The third kappa shape index (κ3) is 5.11. The van der Waals surface area contributed by atoms with Gasteiger partial charge < -0.3 is 19.7 Å². The maximum atomic E-state index is 13.2. The van der Waals surface area contributed by atoms with Crippen LogP contribution in [-0.2, 0) is 9.53 Å². The largest absolute Gasteiger partial charge is 0.484 e. The third-order valence-corrected chi connectivity index (χ3v) is 5.36. The van der Waals surface area contributed by atoms with Crippen molar-refractivity contribution in [1.82, 2.24) is 14.9 Å². The molecular weight excluding hydrogens is 407 g/mol. The maximum Gasteiger partial charge on any atom is 0.260 e. The number of hydrogen-bond acceptors (Lipinski definition) is 7. The van der Waals surface area contributed by atoms with E-state index in [1.165, 1.54) is 12.1 Å². The first kappa shape index (κ1) is 20.2. The first-order valence-electron chi connectivity index (χ1n) is 9.51. The van der Waals surface area contributed by atoms with E-state index in [1.54, 1.807) is 34.6 Å². The first-order valence-corrected chi connectivity index (χ1v) is 10.3. The molecule has 1 saturated heterocycles. The molecular formula is C21H21FN4O3S. The second-order valence-electron chi connectivity index (χ2n) is 6.79. The highest BCUT2D eigenvalue weighted by Crippen LogP contribution is 2.25. The van der Waals surface area contributed by atoms with E-state index in [0.29, 0.717) is 31.3 Å². The number of carbonyl (C=O) groups excluding carboxylic acids is 1. The Kier molecular flexibility index (Phi) is 6.20. The van der Waals surface area contributed by atoms with Crippen LogP contribution in [0.5, 0.6) is 5.75 Å². The predicted molar refractivity (Wildman–Crippen MR) is 112 cm³/mol. The fraction of sp³-hybridized carbons (Fsp3) is 0.286. The Morgan fingerprint density at radius 1 is 1.37 bits per heavy atom. The number of aromatic nitrogens is 2. The van der Waals surface area contributed by atoms with Crippen LogP contribution in [0.4, 0.5) is 15.3 Å². The molecule has 0 spiro atoms. The molecule has 30 heavy (non-hydrogen) atoms. The molecule has 1 aromatic carbocycles. The zero-order chi connectivity index (χ0) is 20.9. The summed E-state index contributed by atoms with van der Waals surface area (Å²) in [5.74, 6) is 0.410. The lowest BCUT2D eigenvalue weighted by Crippen LogP contribution is -2.44. The Morgan fingerprint density at radius 2 is 2.23 bits per heavy atom. The van der Waals surface area contributed by atoms with Crippen LogP contribution < -0.4 is 10.1 Å². The molecule has 3 heterocycles. The molecule has 1 amide bonds. The van der Waals surface area contributed by atoms with Gasteiger partial charge in [-0.05, 0) is 31.2 Å². The SMILES string of the molecule is Cc1cnc(Nc2cccc([C@@H]3CN(C(=O)COc4cccc(F)c4)CCO3)n2)s1. The number of amides is 1. The Hall–Kier alpha value is -3.04. The molecule has 3 aromatic rings. The second kappa shape index (κ2) is 9.19. The summed E-state index contributed by atoms with van der Waals surface area (Å²) < 4.78 is 24.5. The van der Waals surface area contributed by atoms with E-state index in [4.69, 9.17) is 9.47 Å². The average Bonchev–Trinajstić information content (AvgIpc) is 3.17. The fourth-order valence-electron chi connectivity index (χ4n) is 3.07. The van der Waals surface area contributed by atoms with Crippen molar-refractivity contribution in [2.75, 3.05) is 31.6 Å². The van der Waals surface area contributed by atoms with E-state index in [-0.39, 0.29) is 18.6 Å². The average molecular weight is 428 g/mol. The van der Waals surface area contributed by atoms with Gasteiger partial charge in [0.05, 0.1) is 18.8 Å². The molecule has 1 atom stereocenters. The van der Waals surface area contributed by atoms with Crippen LogP contribution in [0.25, 0.3) is 0 Å². The van der Waals surface area contributed by atoms with Crippen LogP contribution in [0.2, 0.25) is 0 Å². The van der Waals surface area contributed by atoms with E-state index in [0.717, 1.165) is 15.7 Å². The minimum Gasteiger partial charge on any atom is -0.484 e. The lowest BCUT2D eigenvalue weighted by Gasteiger charge is -2.32. The monoisotopic (exact) mass is 428 g/mol. The number of hydrogen-bond donors (Lipinski definition) is 1. The number of thiazole rings is 1. The van der Waals surface area contributed by atoms with Gasteiger partial charge in [0.25, 0.3) is 5.91 Å². The van der Waals surface area contributed by atoms with Gasteiger partial charge in [-0.25, -0.2) is 14.4 Å². The number of halogens is 1. The molecule has 0 saturated carbocycles. The van der Waals surface area contributed by atoms with E-state index in [2.05, 4.69) is 15.3 Å². The number of aryl methyl sites for hydroxylation is 1. The summed E-state index contributed by atoms with van der Waals surface area (Å²) in [6.07, 6.45) is 1.47. The summed E-state index contributed by atoms with van der Waals surface area (Å²) >= 11 is 1.55. The van der Waals surface area contributed by atoms with Crippen molar-refractivity contribution in [3.05, 3.63) is 65.0 Å². The van der Waals surface area contributed by atoms with Crippen molar-refractivity contribution in [3.8, 4) is 5.75 Å². The van der Waals surface area contributed by atoms with Crippen LogP contribution in [0, 0.1) is 12.7 Å². The number of rotatable bonds is 6. The normalized spacial score (nSPS) is 16.3. The van der Waals surface area contributed by atoms with Crippen molar-refractivity contribution >= 4 is 28.2 Å². The second-order valence-corrected chi connectivity index (χ2v) is 8.03. The van der Waals surface area contributed by atoms with Gasteiger partial charge in [-0.3, -0.25) is 4.79 Å². The Labute approximate surface area is 177 Å². The number of pyridine rings is 1. The van der Waals surface area contributed by atoms with E-state index in [1.807, 2.05) is 25.1 Å².